The highest BCUT2D eigenvalue weighted by molar-refractivity contribution is 7.16. The Balaban J connectivity index is 3.40. The molecule has 15 heavy (non-hydrogen) atoms. The number of nitrogens with zero attached hydrogens (tertiary/aromatic N) is 1. The lowest BCUT2D eigenvalue weighted by Gasteiger charge is -2.00. The first-order chi connectivity index (χ1) is 7.15. The first kappa shape index (κ1) is 11.6. The number of carbonyl (C=O) groups excluding carboxylic acids is 2. The third kappa shape index (κ3) is 2.14. The second kappa shape index (κ2) is 4.87. The number of thiophene rings is 1. The number of esters is 1. The molecular formula is C10H11NO3S. The number of hydrogen-bond acceptors (Lipinski definition) is 5. The molecule has 0 bridgehead atoms. The van der Waals surface area contributed by atoms with Gasteiger partial charge in [-0.05, 0) is 18.9 Å². The van der Waals surface area contributed by atoms with Crippen LogP contribution >= 0.6 is 11.3 Å². The van der Waals surface area contributed by atoms with Gasteiger partial charge in [0.25, 0.3) is 0 Å². The maximum atomic E-state index is 11.5. The lowest BCUT2D eigenvalue weighted by molar-refractivity contribution is 0.0601. The van der Waals surface area contributed by atoms with Crippen LogP contribution in [0.3, 0.4) is 0 Å². The standard InChI is InChI=1S/C10H11NO3S/c1-4-7-6(2)15-9(11-5-12)8(7)10(13)14-3/h4H2,1-3H3. The molecule has 1 aromatic rings. The van der Waals surface area contributed by atoms with E-state index in [1.54, 1.807) is 0 Å². The molecule has 0 unspecified atom stereocenters. The largest absolute Gasteiger partial charge is 0.465 e. The minimum Gasteiger partial charge on any atom is -0.465 e. The van der Waals surface area contributed by atoms with Gasteiger partial charge in [0.2, 0.25) is 6.08 Å². The van der Waals surface area contributed by atoms with Crippen LogP contribution in [0, 0.1) is 6.92 Å². The summed E-state index contributed by atoms with van der Waals surface area (Å²) in [6.07, 6.45) is 2.16. The van der Waals surface area contributed by atoms with Gasteiger partial charge in [0.15, 0.2) is 0 Å². The average molecular weight is 225 g/mol. The lowest BCUT2D eigenvalue weighted by atomic mass is 10.1. The van der Waals surface area contributed by atoms with Crippen molar-refractivity contribution in [1.82, 2.24) is 0 Å². The molecule has 0 fully saturated rings. The summed E-state index contributed by atoms with van der Waals surface area (Å²) in [6, 6.07) is 0. The topological polar surface area (TPSA) is 55.7 Å². The van der Waals surface area contributed by atoms with Crippen molar-refractivity contribution in [3.63, 3.8) is 0 Å². The van der Waals surface area contributed by atoms with E-state index in [4.69, 9.17) is 0 Å². The molecule has 0 saturated carbocycles. The molecule has 0 aliphatic heterocycles. The molecule has 0 spiro atoms. The second-order valence-electron chi connectivity index (χ2n) is 2.87. The molecule has 0 radical (unpaired) electrons. The summed E-state index contributed by atoms with van der Waals surface area (Å²) in [5.41, 5.74) is 1.28. The number of aryl methyl sites for hydroxylation is 1. The summed E-state index contributed by atoms with van der Waals surface area (Å²) < 4.78 is 4.66. The summed E-state index contributed by atoms with van der Waals surface area (Å²) in [7, 11) is 1.31. The predicted octanol–water partition coefficient (Wildman–Crippen LogP) is 2.37. The third-order valence-corrected chi connectivity index (χ3v) is 3.12. The summed E-state index contributed by atoms with van der Waals surface area (Å²) in [6.45, 7) is 3.83. The zero-order valence-corrected chi connectivity index (χ0v) is 9.60. The van der Waals surface area contributed by atoms with Crippen LogP contribution in [0.1, 0.15) is 27.7 Å². The monoisotopic (exact) mass is 225 g/mol. The van der Waals surface area contributed by atoms with Gasteiger partial charge < -0.3 is 4.74 Å². The van der Waals surface area contributed by atoms with E-state index in [1.165, 1.54) is 24.5 Å². The smallest absolute Gasteiger partial charge is 0.341 e. The van der Waals surface area contributed by atoms with E-state index in [-0.39, 0.29) is 0 Å². The van der Waals surface area contributed by atoms with E-state index in [1.807, 2.05) is 13.8 Å². The van der Waals surface area contributed by atoms with Crippen molar-refractivity contribution in [3.05, 3.63) is 16.0 Å². The van der Waals surface area contributed by atoms with Crippen LogP contribution in [0.5, 0.6) is 0 Å². The summed E-state index contributed by atoms with van der Waals surface area (Å²) in [5, 5.41) is 0.381. The molecule has 1 heterocycles. The van der Waals surface area contributed by atoms with Gasteiger partial charge in [0.05, 0.1) is 7.11 Å². The predicted molar refractivity (Wildman–Crippen MR) is 57.6 cm³/mol. The van der Waals surface area contributed by atoms with Gasteiger partial charge >= 0.3 is 5.97 Å². The van der Waals surface area contributed by atoms with Crippen molar-refractivity contribution in [1.29, 1.82) is 0 Å². The Labute approximate surface area is 91.6 Å². The molecule has 0 aliphatic rings. The van der Waals surface area contributed by atoms with Gasteiger partial charge in [0.1, 0.15) is 10.6 Å². The van der Waals surface area contributed by atoms with Crippen LogP contribution in [0.15, 0.2) is 4.99 Å². The average Bonchev–Trinajstić information content (AvgIpc) is 2.54. The van der Waals surface area contributed by atoms with Gasteiger partial charge in [-0.3, -0.25) is 0 Å². The fourth-order valence-electron chi connectivity index (χ4n) is 1.42. The third-order valence-electron chi connectivity index (χ3n) is 2.08. The zero-order valence-electron chi connectivity index (χ0n) is 8.79. The highest BCUT2D eigenvalue weighted by Crippen LogP contribution is 2.35. The van der Waals surface area contributed by atoms with Crippen LogP contribution in [-0.2, 0) is 16.0 Å². The van der Waals surface area contributed by atoms with E-state index < -0.39 is 5.97 Å². The van der Waals surface area contributed by atoms with Crippen LogP contribution in [0.2, 0.25) is 0 Å². The van der Waals surface area contributed by atoms with E-state index in [2.05, 4.69) is 9.73 Å². The van der Waals surface area contributed by atoms with Gasteiger partial charge in [0, 0.05) is 4.88 Å². The number of aliphatic imine (C=N–C) groups is 1. The Morgan fingerprint density at radius 1 is 1.60 bits per heavy atom. The van der Waals surface area contributed by atoms with Crippen LogP contribution < -0.4 is 0 Å². The summed E-state index contributed by atoms with van der Waals surface area (Å²) in [4.78, 5) is 26.2. The van der Waals surface area contributed by atoms with Crippen LogP contribution in [0.4, 0.5) is 5.00 Å². The van der Waals surface area contributed by atoms with E-state index in [0.717, 1.165) is 10.4 Å². The Bertz CT molecular complexity index is 430. The first-order valence-electron chi connectivity index (χ1n) is 4.44. The number of rotatable bonds is 3. The molecule has 0 N–H and O–H groups in total. The molecule has 0 aliphatic carbocycles. The van der Waals surface area contributed by atoms with Gasteiger partial charge in [-0.1, -0.05) is 6.92 Å². The van der Waals surface area contributed by atoms with Crippen LogP contribution in [-0.4, -0.2) is 19.2 Å². The number of isocyanates is 1. The molecule has 0 saturated heterocycles. The van der Waals surface area contributed by atoms with E-state index in [0.29, 0.717) is 17.0 Å². The maximum Gasteiger partial charge on any atom is 0.341 e. The lowest BCUT2D eigenvalue weighted by Crippen LogP contribution is -2.03. The summed E-state index contributed by atoms with van der Waals surface area (Å²) >= 11 is 1.30. The molecule has 4 nitrogen and oxygen atoms in total. The number of methoxy groups -OCH3 is 1. The Morgan fingerprint density at radius 2 is 2.27 bits per heavy atom. The van der Waals surface area contributed by atoms with Gasteiger partial charge in [-0.15, -0.1) is 11.3 Å². The van der Waals surface area contributed by atoms with Crippen molar-refractivity contribution in [2.75, 3.05) is 7.11 Å². The normalized spacial score (nSPS) is 9.53. The fraction of sp³-hybridized carbons (Fsp3) is 0.400. The van der Waals surface area contributed by atoms with E-state index >= 15 is 0 Å². The van der Waals surface area contributed by atoms with Gasteiger partial charge in [-0.25, -0.2) is 9.59 Å². The molecular weight excluding hydrogens is 214 g/mol. The maximum absolute atomic E-state index is 11.5. The SMILES string of the molecule is CCc1c(C)sc(N=C=O)c1C(=O)OC. The second-order valence-corrected chi connectivity index (χ2v) is 4.07. The molecule has 0 aromatic carbocycles. The quantitative estimate of drug-likeness (QED) is 0.451. The van der Waals surface area contributed by atoms with Crippen molar-refractivity contribution < 1.29 is 14.3 Å². The molecule has 0 amide bonds. The van der Waals surface area contributed by atoms with E-state index in [9.17, 15) is 9.59 Å². The van der Waals surface area contributed by atoms with Gasteiger partial charge in [-0.2, -0.15) is 4.99 Å². The number of carbonyl (C=O) groups is 1. The van der Waals surface area contributed by atoms with Crippen molar-refractivity contribution in [2.45, 2.75) is 20.3 Å². The molecule has 0 atom stereocenters. The Morgan fingerprint density at radius 3 is 2.73 bits per heavy atom. The first-order valence-corrected chi connectivity index (χ1v) is 5.25. The highest BCUT2D eigenvalue weighted by Gasteiger charge is 2.21. The fourth-order valence-corrected chi connectivity index (χ4v) is 2.47. The number of hydrogen-bond donors (Lipinski definition) is 0. The van der Waals surface area contributed by atoms with Crippen molar-refractivity contribution in [2.24, 2.45) is 4.99 Å². The molecule has 5 heteroatoms. The molecule has 80 valence electrons. The number of ether oxygens (including phenoxy) is 1. The van der Waals surface area contributed by atoms with Crippen molar-refractivity contribution >= 4 is 28.4 Å². The zero-order chi connectivity index (χ0) is 11.4. The Hall–Kier alpha value is -1.45. The minimum absolute atomic E-state index is 0.381. The summed E-state index contributed by atoms with van der Waals surface area (Å²) in [5.74, 6) is -0.454. The highest BCUT2D eigenvalue weighted by atomic mass is 32.1. The van der Waals surface area contributed by atoms with Crippen molar-refractivity contribution in [3.8, 4) is 0 Å². The Kier molecular flexibility index (Phi) is 3.77. The molecule has 1 rings (SSSR count). The molecule has 1 aromatic heterocycles. The van der Waals surface area contributed by atoms with Crippen LogP contribution in [0.25, 0.3) is 0 Å². The minimum atomic E-state index is -0.454.